The van der Waals surface area contributed by atoms with Gasteiger partial charge in [0.05, 0.1) is 16.8 Å². The molecular weight excluding hydrogens is 356 g/mol. The van der Waals surface area contributed by atoms with Crippen LogP contribution in [0.5, 0.6) is 0 Å². The quantitative estimate of drug-likeness (QED) is 0.810. The lowest BCUT2D eigenvalue weighted by atomic mass is 9.74. The molecule has 0 unspecified atom stereocenters. The first-order valence-corrected chi connectivity index (χ1v) is 8.20. The highest BCUT2D eigenvalue weighted by Gasteiger charge is 2.40. The lowest BCUT2D eigenvalue weighted by molar-refractivity contribution is -0.118. The first-order valence-electron chi connectivity index (χ1n) is 7.41. The minimum Gasteiger partial charge on any atom is -0.484 e. The van der Waals surface area contributed by atoms with Crippen molar-refractivity contribution in [2.24, 2.45) is 11.1 Å². The van der Waals surface area contributed by atoms with E-state index in [9.17, 15) is 10.1 Å². The second kappa shape index (κ2) is 5.54. The average Bonchev–Trinajstić information content (AvgIpc) is 2.45. The van der Waals surface area contributed by atoms with E-state index in [1.54, 1.807) is 0 Å². The summed E-state index contributed by atoms with van der Waals surface area (Å²) >= 11 is 3.40. The first-order chi connectivity index (χ1) is 10.8. The lowest BCUT2D eigenvalue weighted by Gasteiger charge is -2.37. The van der Waals surface area contributed by atoms with Crippen molar-refractivity contribution in [1.82, 2.24) is 0 Å². The molecule has 118 valence electrons. The van der Waals surface area contributed by atoms with Crippen LogP contribution in [-0.2, 0) is 9.53 Å². The molecule has 0 radical (unpaired) electrons. The Hall–Kier alpha value is -2.06. The molecule has 3 rings (SSSR count). The van der Waals surface area contributed by atoms with Crippen LogP contribution in [0.1, 0.15) is 38.4 Å². The van der Waals surface area contributed by atoms with Crippen LogP contribution >= 0.6 is 15.9 Å². The van der Waals surface area contributed by atoms with Crippen molar-refractivity contribution in [3.8, 4) is 6.07 Å². The number of nitriles is 1. The third kappa shape index (κ3) is 2.79. The normalized spacial score (nSPS) is 23.2. The fraction of sp³-hybridized carbons (Fsp3) is 0.333. The van der Waals surface area contributed by atoms with Gasteiger partial charge in [-0.15, -0.1) is 0 Å². The molecule has 2 aliphatic rings. The summed E-state index contributed by atoms with van der Waals surface area (Å²) in [7, 11) is 0. The van der Waals surface area contributed by atoms with E-state index in [2.05, 4.69) is 22.0 Å². The summed E-state index contributed by atoms with van der Waals surface area (Å²) in [5.41, 5.74) is 7.82. The van der Waals surface area contributed by atoms with E-state index < -0.39 is 6.10 Å². The molecule has 0 spiro atoms. The number of halogens is 1. The minimum absolute atomic E-state index is 0.0456. The van der Waals surface area contributed by atoms with E-state index in [4.69, 9.17) is 10.5 Å². The van der Waals surface area contributed by atoms with Gasteiger partial charge in [-0.2, -0.15) is 5.26 Å². The number of nitrogens with zero attached hydrogens (tertiary/aromatic N) is 1. The van der Waals surface area contributed by atoms with Crippen LogP contribution in [0.3, 0.4) is 0 Å². The van der Waals surface area contributed by atoms with Gasteiger partial charge in [0.1, 0.15) is 11.8 Å². The summed E-state index contributed by atoms with van der Waals surface area (Å²) < 4.78 is 7.03. The van der Waals surface area contributed by atoms with Crippen molar-refractivity contribution in [3.05, 3.63) is 56.9 Å². The maximum atomic E-state index is 12.4. The Bertz CT molecular complexity index is 782. The number of ether oxygens (including phenoxy) is 1. The predicted octanol–water partition coefficient (Wildman–Crippen LogP) is 3.90. The van der Waals surface area contributed by atoms with E-state index in [0.717, 1.165) is 10.0 Å². The Morgan fingerprint density at radius 3 is 2.57 bits per heavy atom. The van der Waals surface area contributed by atoms with Crippen LogP contribution in [0.15, 0.2) is 51.3 Å². The number of Topliss-reactive ketones (excluding diaryl/α,β-unsaturated/α-hetero) is 1. The second-order valence-electron chi connectivity index (χ2n) is 6.73. The number of allylic oxidation sites excluding steroid dienone is 2. The summed E-state index contributed by atoms with van der Waals surface area (Å²) in [5, 5.41) is 9.52. The highest BCUT2D eigenvalue weighted by Crippen LogP contribution is 2.45. The van der Waals surface area contributed by atoms with E-state index in [0.29, 0.717) is 29.7 Å². The summed E-state index contributed by atoms with van der Waals surface area (Å²) in [6.07, 6.45) is 0.492. The standard InChI is InChI=1S/C18H17BrN2O2/c1-18(2)7-13(22)15-14(8-18)23-17(12(9-20)16(15)21)10-3-5-11(19)6-4-10/h3-6,17H,7-8,21H2,1-2H3/t17-/m1/s1. The number of hydrogen-bond acceptors (Lipinski definition) is 4. The molecule has 0 aromatic heterocycles. The molecule has 1 heterocycles. The van der Waals surface area contributed by atoms with Gasteiger partial charge in [-0.05, 0) is 23.1 Å². The highest BCUT2D eigenvalue weighted by atomic mass is 79.9. The van der Waals surface area contributed by atoms with E-state index in [1.807, 2.05) is 38.1 Å². The van der Waals surface area contributed by atoms with Crippen LogP contribution < -0.4 is 5.73 Å². The average molecular weight is 373 g/mol. The number of rotatable bonds is 1. The van der Waals surface area contributed by atoms with Crippen LogP contribution in [0.2, 0.25) is 0 Å². The van der Waals surface area contributed by atoms with Crippen molar-refractivity contribution in [2.45, 2.75) is 32.8 Å². The fourth-order valence-corrected chi connectivity index (χ4v) is 3.40. The molecule has 2 N–H and O–H groups in total. The molecule has 0 saturated heterocycles. The molecule has 23 heavy (non-hydrogen) atoms. The summed E-state index contributed by atoms with van der Waals surface area (Å²) in [5.74, 6) is 0.562. The zero-order chi connectivity index (χ0) is 16.8. The maximum absolute atomic E-state index is 12.4. The Morgan fingerprint density at radius 1 is 1.30 bits per heavy atom. The summed E-state index contributed by atoms with van der Waals surface area (Å²) in [6, 6.07) is 9.69. The number of ketones is 1. The summed E-state index contributed by atoms with van der Waals surface area (Å²) in [4.78, 5) is 12.4. The largest absolute Gasteiger partial charge is 0.484 e. The number of hydrogen-bond donors (Lipinski definition) is 1. The topological polar surface area (TPSA) is 76.1 Å². The van der Waals surface area contributed by atoms with Gasteiger partial charge in [-0.3, -0.25) is 4.79 Å². The second-order valence-corrected chi connectivity index (χ2v) is 7.64. The van der Waals surface area contributed by atoms with Crippen molar-refractivity contribution in [1.29, 1.82) is 5.26 Å². The smallest absolute Gasteiger partial charge is 0.168 e. The SMILES string of the molecule is CC1(C)CC(=O)C2=C(C1)O[C@H](c1ccc(Br)cc1)C(C#N)=C2N. The Morgan fingerprint density at radius 2 is 1.96 bits per heavy atom. The Balaban J connectivity index is 2.09. The minimum atomic E-state index is -0.562. The van der Waals surface area contributed by atoms with Crippen molar-refractivity contribution in [3.63, 3.8) is 0 Å². The fourth-order valence-electron chi connectivity index (χ4n) is 3.13. The van der Waals surface area contributed by atoms with Gasteiger partial charge in [-0.25, -0.2) is 0 Å². The molecule has 4 nitrogen and oxygen atoms in total. The molecular formula is C18H17BrN2O2. The monoisotopic (exact) mass is 372 g/mol. The molecule has 5 heteroatoms. The zero-order valence-electron chi connectivity index (χ0n) is 13.0. The highest BCUT2D eigenvalue weighted by molar-refractivity contribution is 9.10. The maximum Gasteiger partial charge on any atom is 0.168 e. The molecule has 1 atom stereocenters. The Labute approximate surface area is 143 Å². The van der Waals surface area contributed by atoms with E-state index in [1.165, 1.54) is 0 Å². The van der Waals surface area contributed by atoms with Gasteiger partial charge in [0.15, 0.2) is 11.9 Å². The number of carbonyl (C=O) groups excluding carboxylic acids is 1. The van der Waals surface area contributed by atoms with Gasteiger partial charge in [-0.1, -0.05) is 41.9 Å². The molecule has 1 aliphatic heterocycles. The lowest BCUT2D eigenvalue weighted by Crippen LogP contribution is -2.33. The van der Waals surface area contributed by atoms with Crippen LogP contribution in [-0.4, -0.2) is 5.78 Å². The molecule has 0 fully saturated rings. The molecule has 0 bridgehead atoms. The third-order valence-electron chi connectivity index (χ3n) is 4.21. The molecule has 0 saturated carbocycles. The van der Waals surface area contributed by atoms with Gasteiger partial charge in [0.25, 0.3) is 0 Å². The van der Waals surface area contributed by atoms with Crippen molar-refractivity contribution >= 4 is 21.7 Å². The van der Waals surface area contributed by atoms with Crippen molar-refractivity contribution in [2.75, 3.05) is 0 Å². The predicted molar refractivity (Wildman–Crippen MR) is 89.8 cm³/mol. The van der Waals surface area contributed by atoms with Gasteiger partial charge >= 0.3 is 0 Å². The summed E-state index contributed by atoms with van der Waals surface area (Å²) in [6.45, 7) is 4.07. The van der Waals surface area contributed by atoms with Gasteiger partial charge < -0.3 is 10.5 Å². The van der Waals surface area contributed by atoms with Crippen LogP contribution in [0.25, 0.3) is 0 Å². The van der Waals surface area contributed by atoms with E-state index >= 15 is 0 Å². The number of carbonyl (C=O) groups is 1. The van der Waals surface area contributed by atoms with Gasteiger partial charge in [0, 0.05) is 17.3 Å². The van der Waals surface area contributed by atoms with Crippen LogP contribution in [0.4, 0.5) is 0 Å². The molecule has 0 amide bonds. The molecule has 1 aromatic carbocycles. The van der Waals surface area contributed by atoms with Crippen LogP contribution in [0, 0.1) is 16.7 Å². The van der Waals surface area contributed by atoms with E-state index in [-0.39, 0.29) is 16.9 Å². The third-order valence-corrected chi connectivity index (χ3v) is 4.74. The molecule has 1 aliphatic carbocycles. The molecule has 1 aromatic rings. The Kier molecular flexibility index (Phi) is 3.81. The first kappa shape index (κ1) is 15.8. The van der Waals surface area contributed by atoms with Crippen molar-refractivity contribution < 1.29 is 9.53 Å². The number of nitrogens with two attached hydrogens (primary N) is 1. The number of benzene rings is 1. The zero-order valence-corrected chi connectivity index (χ0v) is 14.6. The van der Waals surface area contributed by atoms with Gasteiger partial charge in [0.2, 0.25) is 0 Å².